The number of carbonyl (C=O) groups excluding carboxylic acids is 2. The van der Waals surface area contributed by atoms with E-state index < -0.39 is 17.8 Å². The Morgan fingerprint density at radius 3 is 2.45 bits per heavy atom. The maximum Gasteiger partial charge on any atom is 0.261 e. The van der Waals surface area contributed by atoms with Crippen LogP contribution in [0.15, 0.2) is 90.3 Å². The highest BCUT2D eigenvalue weighted by atomic mass is 35.5. The van der Waals surface area contributed by atoms with Gasteiger partial charge in [0.05, 0.1) is 24.6 Å². The van der Waals surface area contributed by atoms with Gasteiger partial charge in [0.1, 0.15) is 29.0 Å². The molecule has 38 heavy (non-hydrogen) atoms. The molecule has 1 aliphatic rings. The monoisotopic (exact) mass is 531 g/mol. The number of fused-ring (bicyclic) bond motifs is 1. The van der Waals surface area contributed by atoms with Crippen molar-refractivity contribution in [3.05, 3.63) is 112 Å². The average Bonchev–Trinajstić information content (AvgIpc) is 3.33. The third-order valence-electron chi connectivity index (χ3n) is 6.17. The second-order valence-electron chi connectivity index (χ2n) is 8.55. The fourth-order valence-electron chi connectivity index (χ4n) is 4.37. The van der Waals surface area contributed by atoms with Crippen LogP contribution in [0, 0.1) is 5.82 Å². The molecule has 2 heterocycles. The Labute approximate surface area is 223 Å². The van der Waals surface area contributed by atoms with Crippen LogP contribution in [-0.2, 0) is 4.79 Å². The molecule has 0 radical (unpaired) electrons. The Morgan fingerprint density at radius 2 is 1.71 bits per heavy atom. The van der Waals surface area contributed by atoms with Gasteiger partial charge in [0, 0.05) is 22.0 Å². The first kappa shape index (κ1) is 25.0. The molecule has 1 unspecified atom stereocenters. The first-order valence-electron chi connectivity index (χ1n) is 11.7. The minimum atomic E-state index is -0.734. The van der Waals surface area contributed by atoms with Crippen molar-refractivity contribution in [3.63, 3.8) is 0 Å². The number of carbonyl (C=O) groups is 2. The number of benzene rings is 3. The largest absolute Gasteiger partial charge is 0.495 e. The Hall–Kier alpha value is -4.63. The molecule has 5 rings (SSSR count). The molecule has 2 amide bonds. The van der Waals surface area contributed by atoms with Gasteiger partial charge in [0.15, 0.2) is 0 Å². The molecule has 4 aromatic rings. The summed E-state index contributed by atoms with van der Waals surface area (Å²) in [5.41, 5.74) is 2.70. The molecule has 0 fully saturated rings. The molecule has 192 valence electrons. The van der Waals surface area contributed by atoms with Crippen molar-refractivity contribution in [1.82, 2.24) is 9.78 Å². The number of hydrogen-bond donors (Lipinski definition) is 3. The van der Waals surface area contributed by atoms with Crippen LogP contribution in [0.1, 0.15) is 28.9 Å². The highest BCUT2D eigenvalue weighted by Gasteiger charge is 2.36. The minimum Gasteiger partial charge on any atom is -0.495 e. The second-order valence-corrected chi connectivity index (χ2v) is 8.96. The van der Waals surface area contributed by atoms with Crippen molar-refractivity contribution in [2.75, 3.05) is 23.1 Å². The lowest BCUT2D eigenvalue weighted by Crippen LogP contribution is -2.32. The van der Waals surface area contributed by atoms with Crippen LogP contribution < -0.4 is 20.7 Å². The maximum absolute atomic E-state index is 13.7. The lowest BCUT2D eigenvalue weighted by molar-refractivity contribution is -0.113. The molecular formula is C28H23ClFN5O3. The third-order valence-corrected chi connectivity index (χ3v) is 6.51. The van der Waals surface area contributed by atoms with E-state index in [0.29, 0.717) is 44.8 Å². The summed E-state index contributed by atoms with van der Waals surface area (Å²) >= 11 is 6.59. The standard InChI is InChI=1S/C28H23ClFN5O3/c1-16-24(28(37)34-22-9-5-6-10-23(22)38-2)25(19-7-3-4-8-21(19)29)35-26(32-16)20(15-31-35)27(36)33-18-13-11-17(30)12-14-18/h3-15,25,32H,1-2H3,(H,33,36)(H,34,37). The molecule has 3 aromatic carbocycles. The normalized spacial score (nSPS) is 14.4. The maximum atomic E-state index is 13.7. The van der Waals surface area contributed by atoms with Crippen LogP contribution in [0.2, 0.25) is 5.02 Å². The molecule has 1 aliphatic heterocycles. The quantitative estimate of drug-likeness (QED) is 0.289. The van der Waals surface area contributed by atoms with Gasteiger partial charge in [-0.2, -0.15) is 5.10 Å². The number of aromatic nitrogens is 2. The lowest BCUT2D eigenvalue weighted by atomic mass is 9.94. The first-order valence-corrected chi connectivity index (χ1v) is 12.1. The number of para-hydroxylation sites is 2. The summed E-state index contributed by atoms with van der Waals surface area (Å²) in [6.07, 6.45) is 1.42. The van der Waals surface area contributed by atoms with E-state index in [-0.39, 0.29) is 11.5 Å². The highest BCUT2D eigenvalue weighted by molar-refractivity contribution is 6.31. The number of amides is 2. The Kier molecular flexibility index (Phi) is 6.85. The molecule has 1 aromatic heterocycles. The fourth-order valence-corrected chi connectivity index (χ4v) is 4.61. The number of nitrogens with one attached hydrogen (secondary N) is 3. The van der Waals surface area contributed by atoms with Gasteiger partial charge >= 0.3 is 0 Å². The van der Waals surface area contributed by atoms with Crippen LogP contribution in [0.25, 0.3) is 0 Å². The van der Waals surface area contributed by atoms with Crippen molar-refractivity contribution >= 4 is 40.6 Å². The molecule has 0 bridgehead atoms. The number of halogens is 2. The predicted molar refractivity (Wildman–Crippen MR) is 144 cm³/mol. The number of nitrogens with zero attached hydrogens (tertiary/aromatic N) is 2. The highest BCUT2D eigenvalue weighted by Crippen LogP contribution is 2.40. The molecule has 8 nitrogen and oxygen atoms in total. The molecule has 3 N–H and O–H groups in total. The summed E-state index contributed by atoms with van der Waals surface area (Å²) in [7, 11) is 1.53. The van der Waals surface area contributed by atoms with Gasteiger partial charge in [0.2, 0.25) is 0 Å². The summed E-state index contributed by atoms with van der Waals surface area (Å²) in [4.78, 5) is 26.8. The van der Waals surface area contributed by atoms with Gasteiger partial charge in [0.25, 0.3) is 11.8 Å². The van der Waals surface area contributed by atoms with Crippen molar-refractivity contribution in [3.8, 4) is 5.75 Å². The van der Waals surface area contributed by atoms with E-state index in [0.717, 1.165) is 0 Å². The summed E-state index contributed by atoms with van der Waals surface area (Å²) in [6.45, 7) is 1.75. The molecule has 1 atom stereocenters. The predicted octanol–water partition coefficient (Wildman–Crippen LogP) is 5.86. The fraction of sp³-hybridized carbons (Fsp3) is 0.107. The van der Waals surface area contributed by atoms with E-state index >= 15 is 0 Å². The van der Waals surface area contributed by atoms with Crippen molar-refractivity contribution < 1.29 is 18.7 Å². The van der Waals surface area contributed by atoms with Gasteiger partial charge < -0.3 is 20.7 Å². The van der Waals surface area contributed by atoms with Gasteiger partial charge in [-0.25, -0.2) is 9.07 Å². The van der Waals surface area contributed by atoms with Gasteiger partial charge in [-0.15, -0.1) is 0 Å². The smallest absolute Gasteiger partial charge is 0.261 e. The number of anilines is 3. The Bertz CT molecular complexity index is 1560. The van der Waals surface area contributed by atoms with Gasteiger partial charge in [-0.1, -0.05) is 41.9 Å². The van der Waals surface area contributed by atoms with Gasteiger partial charge in [-0.05, 0) is 49.4 Å². The van der Waals surface area contributed by atoms with Crippen LogP contribution >= 0.6 is 11.6 Å². The number of methoxy groups -OCH3 is 1. The summed E-state index contributed by atoms with van der Waals surface area (Å²) in [5.74, 6) is -0.340. The summed E-state index contributed by atoms with van der Waals surface area (Å²) in [5, 5.41) is 13.8. The van der Waals surface area contributed by atoms with Crippen molar-refractivity contribution in [2.24, 2.45) is 0 Å². The lowest BCUT2D eigenvalue weighted by Gasteiger charge is -2.30. The van der Waals surface area contributed by atoms with E-state index in [1.807, 2.05) is 18.2 Å². The van der Waals surface area contributed by atoms with Crippen LogP contribution in [-0.4, -0.2) is 28.7 Å². The number of rotatable bonds is 6. The van der Waals surface area contributed by atoms with E-state index in [1.165, 1.54) is 37.6 Å². The summed E-state index contributed by atoms with van der Waals surface area (Å²) in [6, 6.07) is 19.0. The average molecular weight is 532 g/mol. The van der Waals surface area contributed by atoms with Crippen LogP contribution in [0.4, 0.5) is 21.6 Å². The number of hydrogen-bond acceptors (Lipinski definition) is 5. The second kappa shape index (κ2) is 10.4. The SMILES string of the molecule is COc1ccccc1NC(=O)C1=C(C)Nc2c(C(=O)Nc3ccc(F)cc3)cnn2C1c1ccccc1Cl. The molecule has 0 saturated carbocycles. The molecule has 0 saturated heterocycles. The van der Waals surface area contributed by atoms with Gasteiger partial charge in [-0.3, -0.25) is 9.59 Å². The molecule has 0 spiro atoms. The molecular weight excluding hydrogens is 509 g/mol. The third kappa shape index (κ3) is 4.71. The van der Waals surface area contributed by atoms with E-state index in [4.69, 9.17) is 16.3 Å². The van der Waals surface area contributed by atoms with E-state index in [2.05, 4.69) is 21.0 Å². The number of allylic oxidation sites excluding steroid dienone is 1. The van der Waals surface area contributed by atoms with Crippen LogP contribution in [0.3, 0.4) is 0 Å². The van der Waals surface area contributed by atoms with Crippen molar-refractivity contribution in [2.45, 2.75) is 13.0 Å². The Morgan fingerprint density at radius 1 is 1.00 bits per heavy atom. The molecule has 0 aliphatic carbocycles. The Balaban J connectivity index is 1.55. The first-order chi connectivity index (χ1) is 18.4. The minimum absolute atomic E-state index is 0.245. The van der Waals surface area contributed by atoms with E-state index in [9.17, 15) is 14.0 Å². The zero-order valence-electron chi connectivity index (χ0n) is 20.5. The van der Waals surface area contributed by atoms with E-state index in [1.54, 1.807) is 41.9 Å². The molecule has 10 heteroatoms. The number of ether oxygens (including phenoxy) is 1. The van der Waals surface area contributed by atoms with Crippen molar-refractivity contribution in [1.29, 1.82) is 0 Å². The zero-order valence-corrected chi connectivity index (χ0v) is 21.2. The zero-order chi connectivity index (χ0) is 26.8. The summed E-state index contributed by atoms with van der Waals surface area (Å²) < 4.78 is 20.2. The topological polar surface area (TPSA) is 97.3 Å². The van der Waals surface area contributed by atoms with Crippen LogP contribution in [0.5, 0.6) is 5.75 Å².